The SMILES string of the molecule is N#CCC(CC(=O)N1CCc2c(nc[nH]c2=O)C1)c1ccccc1. The minimum atomic E-state index is -0.126. The van der Waals surface area contributed by atoms with Crippen molar-refractivity contribution >= 4 is 5.91 Å². The van der Waals surface area contributed by atoms with Crippen LogP contribution >= 0.6 is 0 Å². The molecule has 1 aliphatic heterocycles. The topological polar surface area (TPSA) is 89.8 Å². The van der Waals surface area contributed by atoms with Crippen LogP contribution in [0.2, 0.25) is 0 Å². The zero-order valence-corrected chi connectivity index (χ0v) is 13.2. The molecular formula is C18H18N4O2. The van der Waals surface area contributed by atoms with Crippen molar-refractivity contribution in [2.24, 2.45) is 0 Å². The number of nitriles is 1. The highest BCUT2D eigenvalue weighted by Crippen LogP contribution is 2.25. The highest BCUT2D eigenvalue weighted by atomic mass is 16.2. The van der Waals surface area contributed by atoms with E-state index in [1.54, 1.807) is 4.90 Å². The van der Waals surface area contributed by atoms with Gasteiger partial charge in [0.25, 0.3) is 5.56 Å². The molecule has 0 saturated heterocycles. The normalized spacial score (nSPS) is 14.5. The number of aromatic amines is 1. The third-order valence-corrected chi connectivity index (χ3v) is 4.39. The van der Waals surface area contributed by atoms with Crippen molar-refractivity contribution in [1.29, 1.82) is 5.26 Å². The summed E-state index contributed by atoms with van der Waals surface area (Å²) >= 11 is 0. The summed E-state index contributed by atoms with van der Waals surface area (Å²) in [5.41, 5.74) is 2.20. The van der Waals surface area contributed by atoms with Crippen LogP contribution in [-0.2, 0) is 17.8 Å². The molecule has 1 aromatic carbocycles. The van der Waals surface area contributed by atoms with Gasteiger partial charge in [-0.15, -0.1) is 0 Å². The molecule has 1 N–H and O–H groups in total. The minimum absolute atomic E-state index is 0.00756. The molecule has 1 unspecified atom stereocenters. The van der Waals surface area contributed by atoms with Gasteiger partial charge in [-0.05, 0) is 12.0 Å². The van der Waals surface area contributed by atoms with Gasteiger partial charge >= 0.3 is 0 Å². The third kappa shape index (κ3) is 3.35. The van der Waals surface area contributed by atoms with Gasteiger partial charge in [-0.2, -0.15) is 5.26 Å². The fourth-order valence-corrected chi connectivity index (χ4v) is 3.06. The smallest absolute Gasteiger partial charge is 0.254 e. The Morgan fingerprint density at radius 1 is 1.38 bits per heavy atom. The number of fused-ring (bicyclic) bond motifs is 1. The van der Waals surface area contributed by atoms with Gasteiger partial charge in [0.1, 0.15) is 0 Å². The monoisotopic (exact) mass is 322 g/mol. The molecule has 0 bridgehead atoms. The first-order chi connectivity index (χ1) is 11.7. The molecule has 122 valence electrons. The van der Waals surface area contributed by atoms with Crippen LogP contribution in [0.5, 0.6) is 0 Å². The molecule has 0 saturated carbocycles. The number of hydrogen-bond donors (Lipinski definition) is 1. The number of hydrogen-bond acceptors (Lipinski definition) is 4. The number of benzene rings is 1. The first kappa shape index (κ1) is 15.9. The highest BCUT2D eigenvalue weighted by molar-refractivity contribution is 5.77. The summed E-state index contributed by atoms with van der Waals surface area (Å²) in [6.45, 7) is 0.862. The molecule has 1 amide bonds. The van der Waals surface area contributed by atoms with E-state index in [2.05, 4.69) is 16.0 Å². The summed E-state index contributed by atoms with van der Waals surface area (Å²) in [6, 6.07) is 11.8. The zero-order chi connectivity index (χ0) is 16.9. The Labute approximate surface area is 139 Å². The number of carbonyl (C=O) groups excluding carboxylic acids is 1. The van der Waals surface area contributed by atoms with Crippen LogP contribution in [0.25, 0.3) is 0 Å². The number of rotatable bonds is 4. The van der Waals surface area contributed by atoms with Gasteiger partial charge < -0.3 is 9.88 Å². The van der Waals surface area contributed by atoms with E-state index in [4.69, 9.17) is 5.26 Å². The second-order valence-corrected chi connectivity index (χ2v) is 5.90. The maximum absolute atomic E-state index is 12.7. The Morgan fingerprint density at radius 3 is 2.92 bits per heavy atom. The molecule has 3 rings (SSSR count). The first-order valence-corrected chi connectivity index (χ1v) is 7.94. The molecule has 1 atom stereocenters. The van der Waals surface area contributed by atoms with Gasteiger partial charge in [-0.1, -0.05) is 30.3 Å². The number of nitrogens with one attached hydrogen (secondary N) is 1. The summed E-state index contributed by atoms with van der Waals surface area (Å²) in [6.07, 6.45) is 2.48. The van der Waals surface area contributed by atoms with Crippen molar-refractivity contribution in [3.63, 3.8) is 0 Å². The van der Waals surface area contributed by atoms with Crippen molar-refractivity contribution in [2.45, 2.75) is 31.7 Å². The van der Waals surface area contributed by atoms with E-state index in [0.29, 0.717) is 37.2 Å². The molecule has 2 heterocycles. The Balaban J connectivity index is 1.73. The molecule has 0 radical (unpaired) electrons. The summed E-state index contributed by atoms with van der Waals surface area (Å²) in [5.74, 6) is -0.121. The van der Waals surface area contributed by atoms with Gasteiger partial charge in [0.2, 0.25) is 5.91 Å². The van der Waals surface area contributed by atoms with Crippen molar-refractivity contribution < 1.29 is 4.79 Å². The summed E-state index contributed by atoms with van der Waals surface area (Å²) in [4.78, 5) is 32.9. The standard InChI is InChI=1S/C18H18N4O2/c19-8-6-14(13-4-2-1-3-5-13)10-17(23)22-9-7-15-16(11-22)20-12-21-18(15)24/h1-5,12,14H,6-7,9-11H2,(H,20,21,24). The van der Waals surface area contributed by atoms with E-state index >= 15 is 0 Å². The van der Waals surface area contributed by atoms with Crippen molar-refractivity contribution in [3.05, 3.63) is 63.8 Å². The van der Waals surface area contributed by atoms with Crippen LogP contribution in [0.1, 0.15) is 35.6 Å². The molecule has 2 aromatic rings. The lowest BCUT2D eigenvalue weighted by molar-refractivity contribution is -0.132. The lowest BCUT2D eigenvalue weighted by Crippen LogP contribution is -2.39. The lowest BCUT2D eigenvalue weighted by atomic mass is 9.92. The van der Waals surface area contributed by atoms with E-state index in [9.17, 15) is 9.59 Å². The average Bonchev–Trinajstić information content (AvgIpc) is 2.62. The van der Waals surface area contributed by atoms with Crippen LogP contribution in [0.3, 0.4) is 0 Å². The van der Waals surface area contributed by atoms with E-state index in [1.165, 1.54) is 6.33 Å². The Bertz CT molecular complexity index is 823. The maximum atomic E-state index is 12.7. The fourth-order valence-electron chi connectivity index (χ4n) is 3.06. The second-order valence-electron chi connectivity index (χ2n) is 5.90. The number of amides is 1. The van der Waals surface area contributed by atoms with Gasteiger partial charge in [0.15, 0.2) is 0 Å². The number of carbonyl (C=O) groups is 1. The lowest BCUT2D eigenvalue weighted by Gasteiger charge is -2.28. The molecule has 0 spiro atoms. The quantitative estimate of drug-likeness (QED) is 0.928. The van der Waals surface area contributed by atoms with Crippen molar-refractivity contribution in [2.75, 3.05) is 6.54 Å². The van der Waals surface area contributed by atoms with Gasteiger partial charge in [-0.25, -0.2) is 4.98 Å². The van der Waals surface area contributed by atoms with Gasteiger partial charge in [0.05, 0.1) is 24.6 Å². The maximum Gasteiger partial charge on any atom is 0.254 e. The van der Waals surface area contributed by atoms with Crippen LogP contribution in [-0.4, -0.2) is 27.3 Å². The van der Waals surface area contributed by atoms with Crippen LogP contribution in [0.15, 0.2) is 41.5 Å². The largest absolute Gasteiger partial charge is 0.336 e. The van der Waals surface area contributed by atoms with Gasteiger partial charge in [-0.3, -0.25) is 9.59 Å². The van der Waals surface area contributed by atoms with E-state index in [-0.39, 0.29) is 23.8 Å². The molecule has 0 fully saturated rings. The molecule has 1 aliphatic rings. The van der Waals surface area contributed by atoms with Crippen LogP contribution in [0.4, 0.5) is 0 Å². The number of aromatic nitrogens is 2. The predicted molar refractivity (Wildman–Crippen MR) is 88.0 cm³/mol. The second kappa shape index (κ2) is 7.09. The van der Waals surface area contributed by atoms with Crippen molar-refractivity contribution in [1.82, 2.24) is 14.9 Å². The summed E-state index contributed by atoms with van der Waals surface area (Å²) < 4.78 is 0. The molecule has 24 heavy (non-hydrogen) atoms. The molecule has 1 aromatic heterocycles. The molecule has 6 heteroatoms. The molecule has 6 nitrogen and oxygen atoms in total. The van der Waals surface area contributed by atoms with Crippen molar-refractivity contribution in [3.8, 4) is 6.07 Å². The minimum Gasteiger partial charge on any atom is -0.336 e. The highest BCUT2D eigenvalue weighted by Gasteiger charge is 2.25. The third-order valence-electron chi connectivity index (χ3n) is 4.39. The average molecular weight is 322 g/mol. The van der Waals surface area contributed by atoms with Crippen LogP contribution < -0.4 is 5.56 Å². The van der Waals surface area contributed by atoms with Gasteiger partial charge in [0, 0.05) is 30.9 Å². The van der Waals surface area contributed by atoms with Crippen LogP contribution in [0, 0.1) is 11.3 Å². The van der Waals surface area contributed by atoms with E-state index < -0.39 is 0 Å². The molecule has 0 aliphatic carbocycles. The predicted octanol–water partition coefficient (Wildman–Crippen LogP) is 1.74. The summed E-state index contributed by atoms with van der Waals surface area (Å²) in [5, 5.41) is 9.06. The Kier molecular flexibility index (Phi) is 4.71. The fraction of sp³-hybridized carbons (Fsp3) is 0.333. The van der Waals surface area contributed by atoms with E-state index in [1.807, 2.05) is 30.3 Å². The molecular weight excluding hydrogens is 304 g/mol. The van der Waals surface area contributed by atoms with E-state index in [0.717, 1.165) is 5.56 Å². The zero-order valence-electron chi connectivity index (χ0n) is 13.2. The first-order valence-electron chi connectivity index (χ1n) is 7.94. The Morgan fingerprint density at radius 2 is 2.17 bits per heavy atom. The Hall–Kier alpha value is -2.94. The number of nitrogens with zero attached hydrogens (tertiary/aromatic N) is 3. The number of H-pyrrole nitrogens is 1. The summed E-state index contributed by atoms with van der Waals surface area (Å²) in [7, 11) is 0.